The molecule has 1 amide bonds. The van der Waals surface area contributed by atoms with Crippen molar-refractivity contribution in [3.8, 4) is 0 Å². The number of hydrogen-bond donors (Lipinski definition) is 1. The summed E-state index contributed by atoms with van der Waals surface area (Å²) in [6.45, 7) is 0. The summed E-state index contributed by atoms with van der Waals surface area (Å²) in [7, 11) is -3.10. The Bertz CT molecular complexity index is 1250. The molecule has 0 radical (unpaired) electrons. The highest BCUT2D eigenvalue weighted by atomic mass is 32.2. The SMILES string of the molecule is CS(=O)(=O)Cc1ccc(C(=O)Nc2ccc3c(c2)oc2ccccc23)cc1. The van der Waals surface area contributed by atoms with Crippen molar-refractivity contribution < 1.29 is 17.6 Å². The van der Waals surface area contributed by atoms with Gasteiger partial charge in [-0.1, -0.05) is 30.3 Å². The minimum absolute atomic E-state index is 0.0440. The zero-order valence-electron chi connectivity index (χ0n) is 14.6. The van der Waals surface area contributed by atoms with Gasteiger partial charge in [0.1, 0.15) is 11.2 Å². The molecule has 0 saturated carbocycles. The number of carbonyl (C=O) groups is 1. The van der Waals surface area contributed by atoms with Crippen LogP contribution in [0.3, 0.4) is 0 Å². The summed E-state index contributed by atoms with van der Waals surface area (Å²) in [6, 6.07) is 19.9. The van der Waals surface area contributed by atoms with Crippen LogP contribution in [-0.2, 0) is 15.6 Å². The van der Waals surface area contributed by atoms with Gasteiger partial charge in [-0.05, 0) is 35.9 Å². The van der Waals surface area contributed by atoms with E-state index in [4.69, 9.17) is 4.42 Å². The van der Waals surface area contributed by atoms with Crippen LogP contribution < -0.4 is 5.32 Å². The molecule has 0 aliphatic heterocycles. The summed E-state index contributed by atoms with van der Waals surface area (Å²) in [6.07, 6.45) is 1.18. The molecule has 0 unspecified atom stereocenters. The fraction of sp³-hybridized carbons (Fsp3) is 0.0952. The zero-order chi connectivity index (χ0) is 19.0. The van der Waals surface area contributed by atoms with Crippen molar-refractivity contribution >= 4 is 43.4 Å². The van der Waals surface area contributed by atoms with E-state index in [2.05, 4.69) is 5.32 Å². The van der Waals surface area contributed by atoms with Crippen molar-refractivity contribution in [3.63, 3.8) is 0 Å². The lowest BCUT2D eigenvalue weighted by Crippen LogP contribution is -2.12. The van der Waals surface area contributed by atoms with Gasteiger partial charge in [0.2, 0.25) is 0 Å². The molecule has 4 aromatic rings. The van der Waals surface area contributed by atoms with E-state index >= 15 is 0 Å². The molecule has 6 heteroatoms. The van der Waals surface area contributed by atoms with Gasteiger partial charge in [0.05, 0.1) is 5.75 Å². The smallest absolute Gasteiger partial charge is 0.255 e. The first kappa shape index (κ1) is 17.3. The normalized spacial score (nSPS) is 11.7. The Balaban J connectivity index is 1.56. The van der Waals surface area contributed by atoms with Crippen LogP contribution in [0.15, 0.2) is 71.1 Å². The Kier molecular flexibility index (Phi) is 4.20. The second kappa shape index (κ2) is 6.55. The molecule has 0 fully saturated rings. The van der Waals surface area contributed by atoms with Gasteiger partial charge >= 0.3 is 0 Å². The van der Waals surface area contributed by atoms with Gasteiger partial charge in [-0.25, -0.2) is 8.42 Å². The van der Waals surface area contributed by atoms with Crippen LogP contribution in [0.4, 0.5) is 5.69 Å². The molecule has 27 heavy (non-hydrogen) atoms. The van der Waals surface area contributed by atoms with Crippen LogP contribution in [0.2, 0.25) is 0 Å². The third-order valence-electron chi connectivity index (χ3n) is 4.28. The number of carbonyl (C=O) groups excluding carboxylic acids is 1. The van der Waals surface area contributed by atoms with Crippen molar-refractivity contribution in [3.05, 3.63) is 77.9 Å². The number of rotatable bonds is 4. The lowest BCUT2D eigenvalue weighted by atomic mass is 10.1. The number of para-hydroxylation sites is 1. The minimum Gasteiger partial charge on any atom is -0.456 e. The molecular formula is C21H17NO4S. The molecule has 0 aliphatic rings. The largest absolute Gasteiger partial charge is 0.456 e. The van der Waals surface area contributed by atoms with Crippen LogP contribution in [0.1, 0.15) is 15.9 Å². The van der Waals surface area contributed by atoms with Gasteiger partial charge in [0.15, 0.2) is 9.84 Å². The minimum atomic E-state index is -3.10. The predicted molar refractivity (Wildman–Crippen MR) is 107 cm³/mol. The van der Waals surface area contributed by atoms with E-state index in [1.54, 1.807) is 30.3 Å². The van der Waals surface area contributed by atoms with E-state index in [1.165, 1.54) is 6.26 Å². The number of amides is 1. The average molecular weight is 379 g/mol. The number of benzene rings is 3. The van der Waals surface area contributed by atoms with E-state index in [0.717, 1.165) is 16.4 Å². The van der Waals surface area contributed by atoms with Crippen LogP contribution in [-0.4, -0.2) is 20.6 Å². The van der Waals surface area contributed by atoms with E-state index in [0.29, 0.717) is 22.4 Å². The molecule has 1 heterocycles. The second-order valence-electron chi connectivity index (χ2n) is 6.53. The second-order valence-corrected chi connectivity index (χ2v) is 8.67. The van der Waals surface area contributed by atoms with Crippen LogP contribution in [0, 0.1) is 0 Å². The maximum absolute atomic E-state index is 12.5. The summed E-state index contributed by atoms with van der Waals surface area (Å²) >= 11 is 0. The van der Waals surface area contributed by atoms with Gasteiger partial charge in [0.25, 0.3) is 5.91 Å². The van der Waals surface area contributed by atoms with E-state index in [-0.39, 0.29) is 11.7 Å². The molecule has 136 valence electrons. The first-order valence-electron chi connectivity index (χ1n) is 8.38. The van der Waals surface area contributed by atoms with Gasteiger partial charge in [-0.3, -0.25) is 4.79 Å². The van der Waals surface area contributed by atoms with Crippen molar-refractivity contribution in [1.82, 2.24) is 0 Å². The van der Waals surface area contributed by atoms with E-state index < -0.39 is 9.84 Å². The highest BCUT2D eigenvalue weighted by Crippen LogP contribution is 2.30. The van der Waals surface area contributed by atoms with Crippen LogP contribution in [0.25, 0.3) is 21.9 Å². The topological polar surface area (TPSA) is 76.4 Å². The highest BCUT2D eigenvalue weighted by Gasteiger charge is 2.11. The predicted octanol–water partition coefficient (Wildman–Crippen LogP) is 4.38. The summed E-state index contributed by atoms with van der Waals surface area (Å²) in [5.74, 6) is -0.311. The molecular weight excluding hydrogens is 362 g/mol. The van der Waals surface area contributed by atoms with Gasteiger partial charge in [0, 0.05) is 34.3 Å². The molecule has 5 nitrogen and oxygen atoms in total. The van der Waals surface area contributed by atoms with Gasteiger partial charge < -0.3 is 9.73 Å². The van der Waals surface area contributed by atoms with Crippen molar-refractivity contribution in [1.29, 1.82) is 0 Å². The molecule has 0 aliphatic carbocycles. The highest BCUT2D eigenvalue weighted by molar-refractivity contribution is 7.89. The monoisotopic (exact) mass is 379 g/mol. The Morgan fingerprint density at radius 3 is 2.37 bits per heavy atom. The lowest BCUT2D eigenvalue weighted by Gasteiger charge is -2.06. The third-order valence-corrected chi connectivity index (χ3v) is 5.14. The van der Waals surface area contributed by atoms with Crippen LogP contribution >= 0.6 is 0 Å². The summed E-state index contributed by atoms with van der Waals surface area (Å²) in [5.41, 5.74) is 3.25. The standard InChI is InChI=1S/C21H17NO4S/c1-27(24,25)13-14-6-8-15(9-7-14)21(23)22-16-10-11-18-17-4-2-3-5-19(17)26-20(18)12-16/h2-12H,13H2,1H3,(H,22,23). The Morgan fingerprint density at radius 2 is 1.63 bits per heavy atom. The van der Waals surface area contributed by atoms with E-state index in [1.807, 2.05) is 36.4 Å². The molecule has 0 atom stereocenters. The Hall–Kier alpha value is -3.12. The first-order valence-corrected chi connectivity index (χ1v) is 10.4. The quantitative estimate of drug-likeness (QED) is 0.571. The number of sulfone groups is 1. The molecule has 4 rings (SSSR count). The van der Waals surface area contributed by atoms with Crippen molar-refractivity contribution in [2.75, 3.05) is 11.6 Å². The molecule has 1 N–H and O–H groups in total. The fourth-order valence-corrected chi connectivity index (χ4v) is 3.86. The number of anilines is 1. The molecule has 1 aromatic heterocycles. The molecule has 0 saturated heterocycles. The fourth-order valence-electron chi connectivity index (χ4n) is 3.06. The summed E-state index contributed by atoms with van der Waals surface area (Å²) in [5, 5.41) is 4.87. The Labute approximate surface area is 156 Å². The van der Waals surface area contributed by atoms with Crippen LogP contribution in [0.5, 0.6) is 0 Å². The number of fused-ring (bicyclic) bond motifs is 3. The number of furan rings is 1. The first-order chi connectivity index (χ1) is 12.9. The van der Waals surface area contributed by atoms with Gasteiger partial charge in [-0.2, -0.15) is 0 Å². The maximum Gasteiger partial charge on any atom is 0.255 e. The molecule has 3 aromatic carbocycles. The molecule has 0 bridgehead atoms. The summed E-state index contributed by atoms with van der Waals surface area (Å²) in [4.78, 5) is 12.5. The van der Waals surface area contributed by atoms with E-state index in [9.17, 15) is 13.2 Å². The lowest BCUT2D eigenvalue weighted by molar-refractivity contribution is 0.102. The summed E-state index contributed by atoms with van der Waals surface area (Å²) < 4.78 is 28.5. The van der Waals surface area contributed by atoms with Crippen molar-refractivity contribution in [2.24, 2.45) is 0 Å². The zero-order valence-corrected chi connectivity index (χ0v) is 15.4. The Morgan fingerprint density at radius 1 is 0.926 bits per heavy atom. The number of hydrogen-bond acceptors (Lipinski definition) is 4. The maximum atomic E-state index is 12.5. The average Bonchev–Trinajstić information content (AvgIpc) is 2.98. The van der Waals surface area contributed by atoms with Gasteiger partial charge in [-0.15, -0.1) is 0 Å². The van der Waals surface area contributed by atoms with Crippen molar-refractivity contribution in [2.45, 2.75) is 5.75 Å². The third kappa shape index (κ3) is 3.71. The number of nitrogens with one attached hydrogen (secondary N) is 1. The molecule has 0 spiro atoms.